The number of hydrogen-bond acceptors (Lipinski definition) is 13. The van der Waals surface area contributed by atoms with E-state index >= 15 is 0 Å². The van der Waals surface area contributed by atoms with E-state index in [-0.39, 0.29) is 36.3 Å². The van der Waals surface area contributed by atoms with Crippen LogP contribution in [0.25, 0.3) is 0 Å². The summed E-state index contributed by atoms with van der Waals surface area (Å²) >= 11 is 12.8. The van der Waals surface area contributed by atoms with Crippen molar-refractivity contribution in [2.24, 2.45) is 0 Å². The number of ether oxygens (including phenoxy) is 9. The summed E-state index contributed by atoms with van der Waals surface area (Å²) in [4.78, 5) is 14.3. The first-order valence-electron chi connectivity index (χ1n) is 19.4. The molecule has 2 N–H and O–H groups in total. The van der Waals surface area contributed by atoms with Gasteiger partial charge in [0, 0.05) is 55.2 Å². The van der Waals surface area contributed by atoms with Gasteiger partial charge in [-0.05, 0) is 54.9 Å². The number of rotatable bonds is 34. The molecule has 3 rings (SSSR count). The molecule has 1 heterocycles. The van der Waals surface area contributed by atoms with Crippen LogP contribution in [0.4, 0.5) is 0 Å². The topological polar surface area (TPSA) is 162 Å². The molecule has 2 aromatic rings. The normalized spacial score (nSPS) is 14.6. The number of benzene rings is 2. The average Bonchev–Trinajstić information content (AvgIpc) is 3.19. The molecule has 0 saturated heterocycles. The smallest absolute Gasteiger partial charge is 0.240 e. The molecular formula is C39H61Cl2N3O12S. The summed E-state index contributed by atoms with van der Waals surface area (Å²) in [6.45, 7) is 11.7. The molecule has 0 fully saturated rings. The van der Waals surface area contributed by atoms with Crippen molar-refractivity contribution in [3.63, 3.8) is 0 Å². The highest BCUT2D eigenvalue weighted by molar-refractivity contribution is 7.89. The van der Waals surface area contributed by atoms with E-state index in [4.69, 9.17) is 65.8 Å². The number of hydrogen-bond donors (Lipinski definition) is 2. The van der Waals surface area contributed by atoms with Crippen molar-refractivity contribution >= 4 is 39.1 Å². The van der Waals surface area contributed by atoms with Gasteiger partial charge in [-0.25, -0.2) is 13.1 Å². The summed E-state index contributed by atoms with van der Waals surface area (Å²) in [5, 5.41) is 3.95. The van der Waals surface area contributed by atoms with Crippen LogP contribution < -0.4 is 10.0 Å². The maximum absolute atomic E-state index is 13.1. The van der Waals surface area contributed by atoms with E-state index in [1.807, 2.05) is 26.1 Å². The molecule has 18 heteroatoms. The van der Waals surface area contributed by atoms with Crippen LogP contribution in [0.15, 0.2) is 41.3 Å². The molecule has 15 nitrogen and oxygen atoms in total. The van der Waals surface area contributed by atoms with Gasteiger partial charge in [0.15, 0.2) is 0 Å². The number of nitrogens with one attached hydrogen (secondary N) is 2. The SMILES string of the molecule is CCOCCOCCOCCOCCOCCOCCC(=O)NCCOCCOCCOCCNS(=O)(=O)c1cccc(C2CN(C)Cc3c(Cl)cc(Cl)cc32)c1. The van der Waals surface area contributed by atoms with E-state index in [9.17, 15) is 13.2 Å². The number of carbonyl (C=O) groups excluding carboxylic acids is 1. The van der Waals surface area contributed by atoms with Crippen LogP contribution in [-0.2, 0) is 64.0 Å². The number of amides is 1. The second kappa shape index (κ2) is 30.1. The van der Waals surface area contributed by atoms with E-state index in [0.717, 1.165) is 16.7 Å². The summed E-state index contributed by atoms with van der Waals surface area (Å²) in [5.41, 5.74) is 2.89. The third-order valence-electron chi connectivity index (χ3n) is 8.45. The number of sulfonamides is 1. The van der Waals surface area contributed by atoms with Gasteiger partial charge >= 0.3 is 0 Å². The highest BCUT2D eigenvalue weighted by Gasteiger charge is 2.28. The van der Waals surface area contributed by atoms with Crippen molar-refractivity contribution in [3.05, 3.63) is 63.1 Å². The van der Waals surface area contributed by atoms with Crippen molar-refractivity contribution < 1.29 is 55.8 Å². The van der Waals surface area contributed by atoms with Crippen LogP contribution in [0.1, 0.15) is 36.0 Å². The van der Waals surface area contributed by atoms with Gasteiger partial charge in [-0.15, -0.1) is 0 Å². The zero-order valence-corrected chi connectivity index (χ0v) is 35.6. The fraction of sp³-hybridized carbons (Fsp3) is 0.667. The van der Waals surface area contributed by atoms with Crippen LogP contribution >= 0.6 is 23.2 Å². The van der Waals surface area contributed by atoms with Gasteiger partial charge in [0.2, 0.25) is 15.9 Å². The predicted octanol–water partition coefficient (Wildman–Crippen LogP) is 3.52. The van der Waals surface area contributed by atoms with Gasteiger partial charge < -0.3 is 52.8 Å². The van der Waals surface area contributed by atoms with Crippen molar-refractivity contribution in [2.75, 3.05) is 146 Å². The molecule has 1 aliphatic rings. The zero-order chi connectivity index (χ0) is 41.0. The zero-order valence-electron chi connectivity index (χ0n) is 33.3. The third kappa shape index (κ3) is 21.2. The predicted molar refractivity (Wildman–Crippen MR) is 217 cm³/mol. The third-order valence-corrected chi connectivity index (χ3v) is 10.5. The Labute approximate surface area is 348 Å². The summed E-state index contributed by atoms with van der Waals surface area (Å²) in [7, 11) is -1.74. The highest BCUT2D eigenvalue weighted by Crippen LogP contribution is 2.38. The number of nitrogens with zero attached hydrogens (tertiary/aromatic N) is 1. The largest absolute Gasteiger partial charge is 0.379 e. The van der Waals surface area contributed by atoms with Gasteiger partial charge in [-0.2, -0.15) is 0 Å². The average molecular weight is 867 g/mol. The summed E-state index contributed by atoms with van der Waals surface area (Å²) in [6, 6.07) is 10.6. The van der Waals surface area contributed by atoms with E-state index in [1.54, 1.807) is 24.3 Å². The Morgan fingerprint density at radius 1 is 0.702 bits per heavy atom. The lowest BCUT2D eigenvalue weighted by Crippen LogP contribution is -2.31. The van der Waals surface area contributed by atoms with Crippen LogP contribution in [0.3, 0.4) is 0 Å². The minimum atomic E-state index is -3.75. The minimum absolute atomic E-state index is 0.0727. The van der Waals surface area contributed by atoms with E-state index in [1.165, 1.54) is 0 Å². The summed E-state index contributed by atoms with van der Waals surface area (Å²) in [5.74, 6) is -0.192. The molecule has 1 unspecified atom stereocenters. The molecule has 57 heavy (non-hydrogen) atoms. The molecule has 0 aromatic heterocycles. The minimum Gasteiger partial charge on any atom is -0.379 e. The number of halogens is 2. The quantitative estimate of drug-likeness (QED) is 0.0985. The lowest BCUT2D eigenvalue weighted by atomic mass is 9.85. The fourth-order valence-corrected chi connectivity index (χ4v) is 7.30. The van der Waals surface area contributed by atoms with Crippen LogP contribution in [0.5, 0.6) is 0 Å². The van der Waals surface area contributed by atoms with Gasteiger partial charge in [-0.3, -0.25) is 4.79 Å². The molecule has 0 bridgehead atoms. The molecule has 1 aliphatic heterocycles. The molecule has 0 saturated carbocycles. The Morgan fingerprint density at radius 2 is 1.21 bits per heavy atom. The van der Waals surface area contributed by atoms with E-state index < -0.39 is 10.0 Å². The second-order valence-electron chi connectivity index (χ2n) is 12.9. The lowest BCUT2D eigenvalue weighted by Gasteiger charge is -2.33. The molecule has 0 radical (unpaired) electrons. The number of carbonyl (C=O) groups is 1. The number of likely N-dealkylation sites (N-methyl/N-ethyl adjacent to an activating group) is 1. The van der Waals surface area contributed by atoms with Gasteiger partial charge in [-0.1, -0.05) is 35.3 Å². The first-order valence-corrected chi connectivity index (χ1v) is 21.7. The Bertz CT molecular complexity index is 1510. The van der Waals surface area contributed by atoms with Gasteiger partial charge in [0.1, 0.15) is 0 Å². The molecule has 1 amide bonds. The highest BCUT2D eigenvalue weighted by atomic mass is 35.5. The number of fused-ring (bicyclic) bond motifs is 1. The van der Waals surface area contributed by atoms with Crippen molar-refractivity contribution in [2.45, 2.75) is 30.7 Å². The monoisotopic (exact) mass is 865 g/mol. The van der Waals surface area contributed by atoms with Crippen LogP contribution in [0, 0.1) is 0 Å². The van der Waals surface area contributed by atoms with Crippen molar-refractivity contribution in [1.29, 1.82) is 0 Å². The van der Waals surface area contributed by atoms with Crippen LogP contribution in [0.2, 0.25) is 10.0 Å². The van der Waals surface area contributed by atoms with Crippen LogP contribution in [-0.4, -0.2) is 165 Å². The second-order valence-corrected chi connectivity index (χ2v) is 15.5. The van der Waals surface area contributed by atoms with Crippen molar-refractivity contribution in [1.82, 2.24) is 14.9 Å². The first kappa shape index (κ1) is 49.4. The van der Waals surface area contributed by atoms with E-state index in [2.05, 4.69) is 14.9 Å². The Hall–Kier alpha value is -2.00. The molecule has 0 aliphatic carbocycles. The Balaban J connectivity index is 1.09. The Morgan fingerprint density at radius 3 is 1.77 bits per heavy atom. The fourth-order valence-electron chi connectivity index (χ4n) is 5.66. The van der Waals surface area contributed by atoms with E-state index in [0.29, 0.717) is 142 Å². The molecule has 0 spiro atoms. The molecule has 1 atom stereocenters. The molecular weight excluding hydrogens is 805 g/mol. The standard InChI is InChI=1S/C39H61Cl2N3O12S/c1-3-48-13-14-52-21-22-55-25-26-56-24-23-53-18-15-49-10-7-39(45)42-8-11-50-16-19-54-20-17-51-12-9-43-57(46,47)34-6-4-5-32(27-34)36-30-44(2)31-37-35(36)28-33(40)29-38(37)41/h4-6,27-29,36,43H,3,7-26,30-31H2,1-2H3,(H,42,45). The van der Waals surface area contributed by atoms with Gasteiger partial charge in [0.05, 0.1) is 117 Å². The molecule has 2 aromatic carbocycles. The summed E-state index contributed by atoms with van der Waals surface area (Å²) < 4.78 is 77.6. The summed E-state index contributed by atoms with van der Waals surface area (Å²) in [6.07, 6.45) is 0.248. The maximum Gasteiger partial charge on any atom is 0.240 e. The first-order chi connectivity index (χ1) is 27.7. The van der Waals surface area contributed by atoms with Crippen molar-refractivity contribution in [3.8, 4) is 0 Å². The maximum atomic E-state index is 13.1. The Kier molecular flexibility index (Phi) is 26.1. The van der Waals surface area contributed by atoms with Gasteiger partial charge in [0.25, 0.3) is 0 Å². The lowest BCUT2D eigenvalue weighted by molar-refractivity contribution is -0.122. The molecule has 324 valence electrons.